The van der Waals surface area contributed by atoms with Crippen molar-refractivity contribution in [1.82, 2.24) is 45.1 Å². The number of aromatic nitrogens is 7. The molecule has 0 fully saturated rings. The minimum atomic E-state index is -0.586. The molecular weight excluding hydrogens is 492 g/mol. The highest BCUT2D eigenvalue weighted by molar-refractivity contribution is 6.30. The van der Waals surface area contributed by atoms with Crippen molar-refractivity contribution >= 4 is 28.5 Å². The van der Waals surface area contributed by atoms with Gasteiger partial charge in [0.05, 0.1) is 41.2 Å². The fourth-order valence-corrected chi connectivity index (χ4v) is 3.71. The lowest BCUT2D eigenvalue weighted by molar-refractivity contribution is 0.239. The zero-order valence-corrected chi connectivity index (χ0v) is 19.5. The molecule has 0 unspecified atom stereocenters. The van der Waals surface area contributed by atoms with Crippen molar-refractivity contribution in [2.24, 2.45) is 0 Å². The van der Waals surface area contributed by atoms with Gasteiger partial charge in [-0.25, -0.2) is 32.9 Å². The number of aryl methyl sites for hydroxylation is 1. The van der Waals surface area contributed by atoms with E-state index in [-0.39, 0.29) is 18.1 Å². The molecule has 2 N–H and O–H groups in total. The van der Waals surface area contributed by atoms with Crippen LogP contribution in [0, 0.1) is 18.6 Å². The Morgan fingerprint density at radius 3 is 2.53 bits per heavy atom. The van der Waals surface area contributed by atoms with Gasteiger partial charge >= 0.3 is 6.03 Å². The largest absolute Gasteiger partial charge is 0.331 e. The van der Waals surface area contributed by atoms with E-state index in [1.807, 2.05) is 0 Å². The fraction of sp³-hybridized carbons (Fsp3) is 0.130. The van der Waals surface area contributed by atoms with Crippen LogP contribution in [0.1, 0.15) is 17.5 Å². The Labute approximate surface area is 208 Å². The summed E-state index contributed by atoms with van der Waals surface area (Å²) in [5, 5.41) is 14.6. The topological polar surface area (TPSA) is 115 Å². The lowest BCUT2D eigenvalue weighted by Gasteiger charge is -2.10. The number of pyridine rings is 1. The van der Waals surface area contributed by atoms with Crippen LogP contribution in [0.5, 0.6) is 0 Å². The van der Waals surface area contributed by atoms with Crippen molar-refractivity contribution in [3.8, 4) is 11.4 Å². The van der Waals surface area contributed by atoms with Crippen LogP contribution in [0.15, 0.2) is 55.0 Å². The lowest BCUT2D eigenvalue weighted by atomic mass is 10.2. The summed E-state index contributed by atoms with van der Waals surface area (Å²) in [5.74, 6) is 0.344. The number of halogens is 3. The van der Waals surface area contributed by atoms with Gasteiger partial charge in [-0.05, 0) is 37.3 Å². The number of nitrogens with zero attached hydrogens (tertiary/aromatic N) is 7. The van der Waals surface area contributed by atoms with Gasteiger partial charge in [-0.2, -0.15) is 10.2 Å². The number of carbonyl (C=O) groups excluding carboxylic acids is 1. The van der Waals surface area contributed by atoms with Crippen LogP contribution in [-0.2, 0) is 13.1 Å². The summed E-state index contributed by atoms with van der Waals surface area (Å²) in [7, 11) is 0. The molecule has 13 heteroatoms. The number of hydrogen-bond donors (Lipinski definition) is 2. The second-order valence-corrected chi connectivity index (χ2v) is 8.15. The van der Waals surface area contributed by atoms with E-state index in [0.29, 0.717) is 39.8 Å². The zero-order chi connectivity index (χ0) is 25.2. The van der Waals surface area contributed by atoms with E-state index in [0.717, 1.165) is 6.20 Å². The third-order valence-electron chi connectivity index (χ3n) is 5.24. The van der Waals surface area contributed by atoms with E-state index in [4.69, 9.17) is 11.6 Å². The maximum atomic E-state index is 13.9. The molecule has 0 aliphatic heterocycles. The van der Waals surface area contributed by atoms with Gasteiger partial charge < -0.3 is 10.6 Å². The molecule has 0 bridgehead atoms. The molecule has 0 aliphatic carbocycles. The van der Waals surface area contributed by atoms with Gasteiger partial charge in [0.1, 0.15) is 23.8 Å². The maximum Gasteiger partial charge on any atom is 0.315 e. The van der Waals surface area contributed by atoms with E-state index < -0.39 is 17.7 Å². The monoisotopic (exact) mass is 509 g/mol. The molecule has 3 heterocycles. The van der Waals surface area contributed by atoms with Crippen molar-refractivity contribution in [2.75, 3.05) is 0 Å². The Hall–Kier alpha value is -4.45. The molecule has 0 saturated carbocycles. The highest BCUT2D eigenvalue weighted by Crippen LogP contribution is 2.20. The number of benzene rings is 2. The average Bonchev–Trinajstić information content (AvgIpc) is 3.49. The normalized spacial score (nSPS) is 11.1. The first-order valence-corrected chi connectivity index (χ1v) is 11.1. The van der Waals surface area contributed by atoms with Gasteiger partial charge in [-0.15, -0.1) is 0 Å². The average molecular weight is 510 g/mol. The standard InChI is InChI=1S/C23H18ClF2N9O/c1-13-32-22(35(33-13)16-4-5-18(24)19(26)7-16)11-29-23(36)28-10-21-30-12-31-34(21)17-3-2-14-6-15(25)9-27-20(14)8-17/h2-9,12H,10-11H2,1H3,(H2,28,29,36). The summed E-state index contributed by atoms with van der Waals surface area (Å²) in [5.41, 5.74) is 1.69. The quantitative estimate of drug-likeness (QED) is 0.361. The molecule has 0 radical (unpaired) electrons. The first-order chi connectivity index (χ1) is 17.4. The number of carbonyl (C=O) groups is 1. The molecule has 10 nitrogen and oxygen atoms in total. The van der Waals surface area contributed by atoms with Gasteiger partial charge in [0.25, 0.3) is 0 Å². The van der Waals surface area contributed by atoms with Crippen LogP contribution in [0.4, 0.5) is 13.6 Å². The highest BCUT2D eigenvalue weighted by atomic mass is 35.5. The predicted octanol–water partition coefficient (Wildman–Crippen LogP) is 3.64. The van der Waals surface area contributed by atoms with Crippen LogP contribution in [-0.4, -0.2) is 40.5 Å². The summed E-state index contributed by atoms with van der Waals surface area (Å²) in [6.45, 7) is 1.81. The van der Waals surface area contributed by atoms with Crippen molar-refractivity contribution in [2.45, 2.75) is 20.0 Å². The number of hydrogen-bond acceptors (Lipinski definition) is 6. The number of rotatable bonds is 6. The minimum Gasteiger partial charge on any atom is -0.331 e. The Morgan fingerprint density at radius 2 is 1.72 bits per heavy atom. The summed E-state index contributed by atoms with van der Waals surface area (Å²) in [6.07, 6.45) is 2.51. The number of nitrogens with one attached hydrogen (secondary N) is 2. The van der Waals surface area contributed by atoms with E-state index in [1.54, 1.807) is 35.9 Å². The van der Waals surface area contributed by atoms with E-state index in [2.05, 4.69) is 35.8 Å². The van der Waals surface area contributed by atoms with E-state index in [9.17, 15) is 13.6 Å². The van der Waals surface area contributed by atoms with Crippen LogP contribution in [0.2, 0.25) is 5.02 Å². The summed E-state index contributed by atoms with van der Waals surface area (Å²) >= 11 is 5.76. The first kappa shape index (κ1) is 23.3. The van der Waals surface area contributed by atoms with Gasteiger partial charge in [0.2, 0.25) is 0 Å². The highest BCUT2D eigenvalue weighted by Gasteiger charge is 2.14. The molecular formula is C23H18ClF2N9O. The van der Waals surface area contributed by atoms with Crippen molar-refractivity contribution in [1.29, 1.82) is 0 Å². The molecule has 2 aromatic carbocycles. The predicted molar refractivity (Wildman–Crippen MR) is 127 cm³/mol. The number of fused-ring (bicyclic) bond motifs is 1. The zero-order valence-electron chi connectivity index (χ0n) is 18.8. The van der Waals surface area contributed by atoms with E-state index >= 15 is 0 Å². The number of urea groups is 1. The van der Waals surface area contributed by atoms with Crippen LogP contribution in [0.3, 0.4) is 0 Å². The summed E-state index contributed by atoms with van der Waals surface area (Å²) < 4.78 is 30.3. The van der Waals surface area contributed by atoms with Crippen molar-refractivity contribution in [3.63, 3.8) is 0 Å². The van der Waals surface area contributed by atoms with Crippen molar-refractivity contribution in [3.05, 3.63) is 89.1 Å². The maximum absolute atomic E-state index is 13.9. The Kier molecular flexibility index (Phi) is 6.25. The number of amides is 2. The van der Waals surface area contributed by atoms with Gasteiger partial charge in [0, 0.05) is 11.5 Å². The molecule has 0 aliphatic rings. The van der Waals surface area contributed by atoms with E-state index in [1.165, 1.54) is 29.2 Å². The molecule has 0 saturated heterocycles. The molecule has 182 valence electrons. The smallest absolute Gasteiger partial charge is 0.315 e. The van der Waals surface area contributed by atoms with Gasteiger partial charge in [-0.3, -0.25) is 4.98 Å². The van der Waals surface area contributed by atoms with Crippen molar-refractivity contribution < 1.29 is 13.6 Å². The Balaban J connectivity index is 1.24. The summed E-state index contributed by atoms with van der Waals surface area (Å²) in [6, 6.07) is 10.4. The first-order valence-electron chi connectivity index (χ1n) is 10.7. The SMILES string of the molecule is Cc1nc(CNC(=O)NCc2ncnn2-c2ccc3cc(F)cnc3c2)n(-c2ccc(Cl)c(F)c2)n1. The summed E-state index contributed by atoms with van der Waals surface area (Å²) in [4.78, 5) is 25.1. The molecule has 0 spiro atoms. The molecule has 0 atom stereocenters. The minimum absolute atomic E-state index is 0.00339. The van der Waals surface area contributed by atoms with Crippen LogP contribution >= 0.6 is 11.6 Å². The molecule has 5 rings (SSSR count). The molecule has 2 amide bonds. The Morgan fingerprint density at radius 1 is 0.972 bits per heavy atom. The van der Waals surface area contributed by atoms with Crippen LogP contribution in [0.25, 0.3) is 22.3 Å². The Bertz CT molecular complexity index is 1580. The van der Waals surface area contributed by atoms with Gasteiger partial charge in [-0.1, -0.05) is 17.7 Å². The van der Waals surface area contributed by atoms with Gasteiger partial charge in [0.15, 0.2) is 11.6 Å². The fourth-order valence-electron chi connectivity index (χ4n) is 3.59. The molecule has 3 aromatic heterocycles. The molecule has 36 heavy (non-hydrogen) atoms. The third kappa shape index (κ3) is 4.84. The molecule has 5 aromatic rings. The third-order valence-corrected chi connectivity index (χ3v) is 5.55. The second kappa shape index (κ2) is 9.66. The lowest BCUT2D eigenvalue weighted by Crippen LogP contribution is -2.36. The second-order valence-electron chi connectivity index (χ2n) is 7.74. The van der Waals surface area contributed by atoms with Crippen LogP contribution < -0.4 is 10.6 Å².